The number of nitrogens with zero attached hydrogens (tertiary/aromatic N) is 5. The second-order valence-electron chi connectivity index (χ2n) is 9.71. The predicted octanol–water partition coefficient (Wildman–Crippen LogP) is 0.574. The zero-order chi connectivity index (χ0) is 31.5. The van der Waals surface area contributed by atoms with Crippen molar-refractivity contribution >= 4 is 47.1 Å². The van der Waals surface area contributed by atoms with E-state index in [9.17, 15) is 24.0 Å². The first-order valence-electron chi connectivity index (χ1n) is 13.7. The number of likely N-dealkylation sites (tertiary alicyclic amines) is 1. The summed E-state index contributed by atoms with van der Waals surface area (Å²) in [6.45, 7) is 0.313. The molecule has 6 N–H and O–H groups in total. The van der Waals surface area contributed by atoms with Crippen molar-refractivity contribution in [3.8, 4) is 0 Å². The van der Waals surface area contributed by atoms with Gasteiger partial charge in [-0.25, -0.2) is 14.8 Å². The van der Waals surface area contributed by atoms with Gasteiger partial charge in [0.1, 0.15) is 23.5 Å². The van der Waals surface area contributed by atoms with Crippen LogP contribution >= 0.6 is 11.8 Å². The Balaban J connectivity index is 1.43. The van der Waals surface area contributed by atoms with Gasteiger partial charge in [-0.3, -0.25) is 29.1 Å². The topological polar surface area (TPSA) is 214 Å². The van der Waals surface area contributed by atoms with Gasteiger partial charge in [-0.1, -0.05) is 6.07 Å². The van der Waals surface area contributed by atoms with Crippen LogP contribution in [-0.4, -0.2) is 92.0 Å². The number of hydrogen-bond acceptors (Lipinski definition) is 10. The fraction of sp³-hybridized carbons (Fsp3) is 0.321. The molecule has 6 amide bonds. The van der Waals surface area contributed by atoms with Crippen LogP contribution in [0.2, 0.25) is 0 Å². The van der Waals surface area contributed by atoms with E-state index in [0.717, 1.165) is 4.90 Å². The molecule has 0 saturated carbocycles. The van der Waals surface area contributed by atoms with Crippen molar-refractivity contribution in [1.29, 1.82) is 0 Å². The summed E-state index contributed by atoms with van der Waals surface area (Å²) < 4.78 is 0. The molecule has 2 aromatic heterocycles. The molecular weight excluding hydrogens is 588 g/mol. The van der Waals surface area contributed by atoms with Crippen LogP contribution in [-0.2, 0) is 9.59 Å². The zero-order valence-electron chi connectivity index (χ0n) is 23.8. The van der Waals surface area contributed by atoms with Crippen molar-refractivity contribution in [2.24, 2.45) is 5.73 Å². The quantitative estimate of drug-likeness (QED) is 0.140. The first kappa shape index (κ1) is 31.8. The van der Waals surface area contributed by atoms with Crippen LogP contribution in [0, 0.1) is 0 Å². The number of aromatic nitrogens is 4. The van der Waals surface area contributed by atoms with E-state index in [1.807, 2.05) is 12.3 Å². The minimum atomic E-state index is -1.18. The molecule has 1 saturated heterocycles. The molecular formula is C28H32N10O5S. The normalized spacial score (nSPS) is 16.4. The van der Waals surface area contributed by atoms with Gasteiger partial charge < -0.3 is 31.9 Å². The lowest BCUT2D eigenvalue weighted by molar-refractivity contribution is -0.130. The first-order valence-corrected chi connectivity index (χ1v) is 14.9. The number of nitrogens with one attached hydrogen (secondary N) is 4. The number of anilines is 1. The maximum atomic E-state index is 13.7. The highest BCUT2D eigenvalue weighted by molar-refractivity contribution is 7.98. The summed E-state index contributed by atoms with van der Waals surface area (Å²) in [6.07, 6.45) is 10.8. The third kappa shape index (κ3) is 8.47. The van der Waals surface area contributed by atoms with E-state index in [2.05, 4.69) is 41.2 Å². The fourth-order valence-corrected chi connectivity index (χ4v) is 5.11. The van der Waals surface area contributed by atoms with E-state index in [1.54, 1.807) is 18.2 Å². The van der Waals surface area contributed by atoms with Gasteiger partial charge in [-0.2, -0.15) is 0 Å². The predicted molar refractivity (Wildman–Crippen MR) is 160 cm³/mol. The van der Waals surface area contributed by atoms with Crippen LogP contribution < -0.4 is 27.0 Å². The van der Waals surface area contributed by atoms with Crippen LogP contribution in [0.1, 0.15) is 40.2 Å². The van der Waals surface area contributed by atoms with E-state index in [1.165, 1.54) is 53.8 Å². The number of carbonyl (C=O) groups excluding carboxylic acids is 5. The van der Waals surface area contributed by atoms with Gasteiger partial charge in [0, 0.05) is 48.5 Å². The molecule has 4 rings (SSSR count). The summed E-state index contributed by atoms with van der Waals surface area (Å²) >= 11 is 1.52. The Labute approximate surface area is 257 Å². The molecule has 15 nitrogen and oxygen atoms in total. The smallest absolute Gasteiger partial charge is 0.319 e. The van der Waals surface area contributed by atoms with E-state index in [-0.39, 0.29) is 37.3 Å². The number of rotatable bonds is 12. The molecule has 230 valence electrons. The average molecular weight is 621 g/mol. The molecule has 3 heterocycles. The van der Waals surface area contributed by atoms with Crippen LogP contribution in [0.3, 0.4) is 0 Å². The summed E-state index contributed by atoms with van der Waals surface area (Å²) in [7, 11) is 0. The number of hydrogen-bond donors (Lipinski definition) is 5. The first-order chi connectivity index (χ1) is 21.3. The lowest BCUT2D eigenvalue weighted by atomic mass is 10.1. The molecule has 0 radical (unpaired) electrons. The monoisotopic (exact) mass is 620 g/mol. The minimum absolute atomic E-state index is 0.0228. The number of urea groups is 1. The summed E-state index contributed by atoms with van der Waals surface area (Å²) in [6, 6.07) is 3.61. The van der Waals surface area contributed by atoms with Gasteiger partial charge in [0.25, 0.3) is 11.8 Å². The second-order valence-corrected chi connectivity index (χ2v) is 10.6. The highest BCUT2D eigenvalue weighted by Crippen LogP contribution is 2.22. The number of thioether (sulfide) groups is 1. The lowest BCUT2D eigenvalue weighted by Gasteiger charge is -2.29. The van der Waals surface area contributed by atoms with Gasteiger partial charge in [0.2, 0.25) is 11.8 Å². The molecule has 0 unspecified atom stereocenters. The number of carbonyl (C=O) groups is 5. The van der Waals surface area contributed by atoms with Gasteiger partial charge >= 0.3 is 6.03 Å². The Morgan fingerprint density at radius 1 is 1.05 bits per heavy atom. The Hall–Kier alpha value is -5.12. The molecule has 0 aliphatic carbocycles. The molecule has 1 aliphatic rings. The maximum Gasteiger partial charge on any atom is 0.319 e. The minimum Gasteiger partial charge on any atom is -0.368 e. The molecule has 0 bridgehead atoms. The van der Waals surface area contributed by atoms with E-state index >= 15 is 0 Å². The largest absolute Gasteiger partial charge is 0.368 e. The molecule has 3 atom stereocenters. The van der Waals surface area contributed by atoms with E-state index in [0.29, 0.717) is 12.1 Å². The van der Waals surface area contributed by atoms with Crippen molar-refractivity contribution in [3.63, 3.8) is 0 Å². The number of nitrogens with two attached hydrogens (primary N) is 1. The highest BCUT2D eigenvalue weighted by Gasteiger charge is 2.44. The molecule has 3 aromatic rings. The molecule has 1 aromatic carbocycles. The summed E-state index contributed by atoms with van der Waals surface area (Å²) in [5.41, 5.74) is 6.31. The molecule has 0 spiro atoms. The Kier molecular flexibility index (Phi) is 11.1. The van der Waals surface area contributed by atoms with Crippen molar-refractivity contribution in [1.82, 2.24) is 40.8 Å². The van der Waals surface area contributed by atoms with Crippen LogP contribution in [0.15, 0.2) is 66.3 Å². The van der Waals surface area contributed by atoms with Crippen molar-refractivity contribution < 1.29 is 24.0 Å². The summed E-state index contributed by atoms with van der Waals surface area (Å²) in [5.74, 6) is -2.46. The molecule has 1 fully saturated rings. The van der Waals surface area contributed by atoms with Crippen LogP contribution in [0.25, 0.3) is 0 Å². The van der Waals surface area contributed by atoms with Crippen molar-refractivity contribution in [2.45, 2.75) is 42.3 Å². The number of primary amides is 1. The Bertz CT molecular complexity index is 1480. The number of amides is 6. The molecule has 44 heavy (non-hydrogen) atoms. The Morgan fingerprint density at radius 2 is 1.77 bits per heavy atom. The van der Waals surface area contributed by atoms with Crippen molar-refractivity contribution in [3.05, 3.63) is 72.8 Å². The number of benzene rings is 1. The van der Waals surface area contributed by atoms with Gasteiger partial charge in [-0.15, -0.1) is 11.8 Å². The van der Waals surface area contributed by atoms with E-state index < -0.39 is 47.8 Å². The third-order valence-electron chi connectivity index (χ3n) is 6.76. The van der Waals surface area contributed by atoms with E-state index in [4.69, 9.17) is 5.73 Å². The highest BCUT2D eigenvalue weighted by atomic mass is 32.2. The van der Waals surface area contributed by atoms with Gasteiger partial charge in [0.15, 0.2) is 0 Å². The summed E-state index contributed by atoms with van der Waals surface area (Å²) in [5, 5.41) is 10.8. The third-order valence-corrected chi connectivity index (χ3v) is 7.49. The maximum absolute atomic E-state index is 13.7. The van der Waals surface area contributed by atoms with Gasteiger partial charge in [0.05, 0.1) is 18.4 Å². The molecule has 16 heteroatoms. The fourth-order valence-electron chi connectivity index (χ4n) is 4.65. The van der Waals surface area contributed by atoms with Crippen LogP contribution in [0.4, 0.5) is 10.5 Å². The second kappa shape index (κ2) is 15.4. The summed E-state index contributed by atoms with van der Waals surface area (Å²) in [4.78, 5) is 82.4. The molecule has 1 aliphatic heterocycles. The average Bonchev–Trinajstić information content (AvgIpc) is 3.45. The van der Waals surface area contributed by atoms with Gasteiger partial charge in [-0.05, 0) is 43.7 Å². The standard InChI is InChI=1S/C28H32N10O5S/c1-44-18-5-2-4-17(14-18)35-28(43)37-19-7-13-38(27(42)22-16-31-10-12-33-22)23(19)26(41)36-20(24(29)39)6-3-8-34-25(40)21-15-30-9-11-32-21/h2,4-5,9-12,14-16,19-20,23H,3,6-8,13H2,1H3,(H2,29,39)(H,34,40)(H,36,41)(H2,35,37,43)/t19-,20-,23-/m0/s1. The zero-order valence-corrected chi connectivity index (χ0v) is 24.6. The SMILES string of the molecule is CSc1cccc(NC(=O)N[C@H]2CCN(C(=O)c3cnccn3)[C@@H]2C(=O)N[C@@H](CCCNC(=O)c2cnccn2)C(N)=O)c1. The van der Waals surface area contributed by atoms with Crippen LogP contribution in [0.5, 0.6) is 0 Å². The Morgan fingerprint density at radius 3 is 2.43 bits per heavy atom. The van der Waals surface area contributed by atoms with Crippen molar-refractivity contribution in [2.75, 3.05) is 24.7 Å². The lowest BCUT2D eigenvalue weighted by Crippen LogP contribution is -2.58.